The van der Waals surface area contributed by atoms with Crippen molar-refractivity contribution in [3.05, 3.63) is 39.2 Å². The maximum Gasteiger partial charge on any atom is 0.285 e. The maximum absolute atomic E-state index is 13.4. The number of nitro groups is 1. The van der Waals surface area contributed by atoms with E-state index in [0.29, 0.717) is 6.42 Å². The van der Waals surface area contributed by atoms with Crippen molar-refractivity contribution in [1.82, 2.24) is 5.32 Å². The number of benzene rings is 1. The van der Waals surface area contributed by atoms with Gasteiger partial charge >= 0.3 is 0 Å². The highest BCUT2D eigenvalue weighted by molar-refractivity contribution is 5.98. The van der Waals surface area contributed by atoms with Gasteiger partial charge in [0, 0.05) is 18.2 Å². The van der Waals surface area contributed by atoms with Crippen LogP contribution in [0, 0.1) is 28.8 Å². The Morgan fingerprint density at radius 2 is 2.24 bits per heavy atom. The highest BCUT2D eigenvalue weighted by Crippen LogP contribution is 2.34. The first-order valence-electron chi connectivity index (χ1n) is 6.80. The number of carbonyl (C=O) groups is 1. The smallest absolute Gasteiger partial charge is 0.285 e. The molecule has 1 aliphatic carbocycles. The second-order valence-corrected chi connectivity index (χ2v) is 5.31. The number of nitrogens with zero attached hydrogens (tertiary/aromatic N) is 1. The Kier molecular flexibility index (Phi) is 4.52. The Bertz CT molecular complexity index is 572. The Morgan fingerprint density at radius 3 is 2.76 bits per heavy atom. The Hall–Kier alpha value is -2.02. The van der Waals surface area contributed by atoms with Gasteiger partial charge < -0.3 is 10.4 Å². The number of aryl methyl sites for hydroxylation is 1. The minimum atomic E-state index is -0.687. The molecule has 2 N–H and O–H groups in total. The van der Waals surface area contributed by atoms with Crippen LogP contribution in [0.4, 0.5) is 10.1 Å². The third-order valence-corrected chi connectivity index (χ3v) is 3.64. The monoisotopic (exact) mass is 296 g/mol. The molecule has 114 valence electrons. The molecule has 0 spiro atoms. The van der Waals surface area contributed by atoms with Crippen molar-refractivity contribution < 1.29 is 19.2 Å². The molecule has 1 amide bonds. The molecule has 1 aromatic carbocycles. The van der Waals surface area contributed by atoms with Gasteiger partial charge in [-0.2, -0.15) is 0 Å². The van der Waals surface area contributed by atoms with Crippen molar-refractivity contribution in [3.63, 3.8) is 0 Å². The molecule has 21 heavy (non-hydrogen) atoms. The van der Waals surface area contributed by atoms with Gasteiger partial charge in [-0.15, -0.1) is 0 Å². The van der Waals surface area contributed by atoms with Crippen LogP contribution in [0.25, 0.3) is 0 Å². The largest absolute Gasteiger partial charge is 0.396 e. The quantitative estimate of drug-likeness (QED) is 0.619. The SMILES string of the molecule is Cc1cc(F)cc(C(=O)NC(CCO)C2CC2)c1[N+](=O)[O-]. The second kappa shape index (κ2) is 6.17. The molecule has 1 saturated carbocycles. The van der Waals surface area contributed by atoms with Crippen LogP contribution in [0.2, 0.25) is 0 Å². The number of hydrogen-bond donors (Lipinski definition) is 2. The summed E-state index contributed by atoms with van der Waals surface area (Å²) in [6, 6.07) is 1.68. The van der Waals surface area contributed by atoms with Gasteiger partial charge in [0.15, 0.2) is 0 Å². The molecule has 1 atom stereocenters. The summed E-state index contributed by atoms with van der Waals surface area (Å²) >= 11 is 0. The number of amides is 1. The van der Waals surface area contributed by atoms with Crippen molar-refractivity contribution in [1.29, 1.82) is 0 Å². The minimum Gasteiger partial charge on any atom is -0.396 e. The zero-order chi connectivity index (χ0) is 15.6. The van der Waals surface area contributed by atoms with Gasteiger partial charge in [0.25, 0.3) is 11.6 Å². The fraction of sp³-hybridized carbons (Fsp3) is 0.500. The number of halogens is 1. The number of hydrogen-bond acceptors (Lipinski definition) is 4. The molecule has 0 aromatic heterocycles. The van der Waals surface area contributed by atoms with Gasteiger partial charge in [0.2, 0.25) is 0 Å². The van der Waals surface area contributed by atoms with Crippen LogP contribution in [-0.2, 0) is 0 Å². The van der Waals surface area contributed by atoms with Gasteiger partial charge in [-0.3, -0.25) is 14.9 Å². The van der Waals surface area contributed by atoms with Crippen LogP contribution in [0.3, 0.4) is 0 Å². The number of rotatable bonds is 6. The van der Waals surface area contributed by atoms with Crippen molar-refractivity contribution in [3.8, 4) is 0 Å². The molecule has 0 bridgehead atoms. The molecule has 0 saturated heterocycles. The molecule has 7 heteroatoms. The molecule has 2 rings (SSSR count). The van der Waals surface area contributed by atoms with Crippen molar-refractivity contribution in [2.24, 2.45) is 5.92 Å². The van der Waals surface area contributed by atoms with Gasteiger partial charge in [0.1, 0.15) is 11.4 Å². The lowest BCUT2D eigenvalue weighted by Crippen LogP contribution is -2.37. The Morgan fingerprint density at radius 1 is 1.57 bits per heavy atom. The molecule has 1 aromatic rings. The summed E-state index contributed by atoms with van der Waals surface area (Å²) < 4.78 is 13.4. The third-order valence-electron chi connectivity index (χ3n) is 3.64. The van der Waals surface area contributed by atoms with Gasteiger partial charge in [-0.1, -0.05) is 0 Å². The van der Waals surface area contributed by atoms with Crippen molar-refractivity contribution in [2.75, 3.05) is 6.61 Å². The first-order valence-corrected chi connectivity index (χ1v) is 6.80. The first-order chi connectivity index (χ1) is 9.93. The van der Waals surface area contributed by atoms with E-state index in [1.807, 2.05) is 0 Å². The van der Waals surface area contributed by atoms with E-state index in [9.17, 15) is 19.3 Å². The number of carbonyl (C=O) groups excluding carboxylic acids is 1. The van der Waals surface area contributed by atoms with E-state index in [2.05, 4.69) is 5.32 Å². The number of nitro benzene ring substituents is 1. The molecule has 0 aliphatic heterocycles. The average molecular weight is 296 g/mol. The van der Waals surface area contributed by atoms with Gasteiger partial charge in [0.05, 0.1) is 4.92 Å². The fourth-order valence-electron chi connectivity index (χ4n) is 2.46. The van der Waals surface area contributed by atoms with Crippen LogP contribution < -0.4 is 5.32 Å². The standard InChI is InChI=1S/C14H17FN2O4/c1-8-6-10(15)7-11(13(8)17(20)21)14(19)16-12(4-5-18)9-2-3-9/h6-7,9,12,18H,2-5H2,1H3,(H,16,19). The number of aliphatic hydroxyl groups is 1. The van der Waals surface area contributed by atoms with E-state index in [-0.39, 0.29) is 35.4 Å². The summed E-state index contributed by atoms with van der Waals surface area (Å²) in [6.45, 7) is 1.32. The van der Waals surface area contributed by atoms with Crippen LogP contribution in [0.15, 0.2) is 12.1 Å². The topological polar surface area (TPSA) is 92.5 Å². The van der Waals surface area contributed by atoms with Crippen LogP contribution >= 0.6 is 0 Å². The van der Waals surface area contributed by atoms with E-state index < -0.39 is 16.6 Å². The molecule has 1 aliphatic rings. The lowest BCUT2D eigenvalue weighted by atomic mass is 10.0. The van der Waals surface area contributed by atoms with E-state index in [0.717, 1.165) is 25.0 Å². The minimum absolute atomic E-state index is 0.0777. The predicted octanol–water partition coefficient (Wildman–Crippen LogP) is 1.93. The normalized spacial score (nSPS) is 15.6. The van der Waals surface area contributed by atoms with Crippen molar-refractivity contribution in [2.45, 2.75) is 32.2 Å². The summed E-state index contributed by atoms with van der Waals surface area (Å²) in [6.07, 6.45) is 2.29. The van der Waals surface area contributed by atoms with Crippen LogP contribution in [0.5, 0.6) is 0 Å². The fourth-order valence-corrected chi connectivity index (χ4v) is 2.46. The summed E-state index contributed by atoms with van der Waals surface area (Å²) in [4.78, 5) is 22.6. The third kappa shape index (κ3) is 3.55. The zero-order valence-corrected chi connectivity index (χ0v) is 11.6. The predicted molar refractivity (Wildman–Crippen MR) is 73.5 cm³/mol. The van der Waals surface area contributed by atoms with Crippen LogP contribution in [0.1, 0.15) is 35.2 Å². The zero-order valence-electron chi connectivity index (χ0n) is 11.6. The molecule has 0 radical (unpaired) electrons. The number of nitrogens with one attached hydrogen (secondary N) is 1. The van der Waals surface area contributed by atoms with E-state index >= 15 is 0 Å². The van der Waals surface area contributed by atoms with Crippen LogP contribution in [-0.4, -0.2) is 28.6 Å². The molecule has 0 heterocycles. The molecular weight excluding hydrogens is 279 g/mol. The summed E-state index contributed by atoms with van der Waals surface area (Å²) in [5, 5.41) is 22.8. The van der Waals surface area contributed by atoms with Gasteiger partial charge in [-0.25, -0.2) is 4.39 Å². The average Bonchev–Trinajstić information content (AvgIpc) is 3.20. The lowest BCUT2D eigenvalue weighted by molar-refractivity contribution is -0.385. The summed E-state index contributed by atoms with van der Waals surface area (Å²) in [7, 11) is 0. The highest BCUT2D eigenvalue weighted by Gasteiger charge is 2.33. The lowest BCUT2D eigenvalue weighted by Gasteiger charge is -2.17. The Labute approximate surface area is 121 Å². The summed E-state index contributed by atoms with van der Waals surface area (Å²) in [5.41, 5.74) is -0.552. The molecule has 6 nitrogen and oxygen atoms in total. The highest BCUT2D eigenvalue weighted by atomic mass is 19.1. The molecular formula is C14H17FN2O4. The Balaban J connectivity index is 2.27. The van der Waals surface area contributed by atoms with E-state index in [1.54, 1.807) is 0 Å². The second-order valence-electron chi connectivity index (χ2n) is 5.31. The summed E-state index contributed by atoms with van der Waals surface area (Å²) in [5.74, 6) is -1.07. The molecule has 1 unspecified atom stereocenters. The first kappa shape index (κ1) is 15.4. The molecule has 1 fully saturated rings. The number of aliphatic hydroxyl groups excluding tert-OH is 1. The van der Waals surface area contributed by atoms with Crippen molar-refractivity contribution >= 4 is 11.6 Å². The maximum atomic E-state index is 13.4. The van der Waals surface area contributed by atoms with Gasteiger partial charge in [-0.05, 0) is 44.2 Å². The van der Waals surface area contributed by atoms with E-state index in [4.69, 9.17) is 5.11 Å². The van der Waals surface area contributed by atoms with E-state index in [1.165, 1.54) is 6.92 Å².